The van der Waals surface area contributed by atoms with Crippen LogP contribution in [0.2, 0.25) is 0 Å². The van der Waals surface area contributed by atoms with E-state index in [0.29, 0.717) is 4.90 Å². The van der Waals surface area contributed by atoms with Crippen LogP contribution in [0.4, 0.5) is 35.1 Å². The Hall–Kier alpha value is -2.11. The Bertz CT molecular complexity index is 1100. The molecule has 0 atom stereocenters. The maximum atomic E-state index is 14.1. The van der Waals surface area contributed by atoms with Crippen molar-refractivity contribution in [2.24, 2.45) is 0 Å². The van der Waals surface area contributed by atoms with E-state index in [-0.39, 0.29) is 39.9 Å². The van der Waals surface area contributed by atoms with Crippen LogP contribution in [-0.4, -0.2) is 0 Å². The smallest absolute Gasteiger partial charge is 0.175 e. The van der Waals surface area contributed by atoms with Gasteiger partial charge in [0, 0.05) is 17.0 Å². The third-order valence-corrected chi connectivity index (χ3v) is 7.03. The van der Waals surface area contributed by atoms with Gasteiger partial charge >= 0.3 is 0 Å². The Morgan fingerprint density at radius 3 is 1.52 bits per heavy atom. The topological polar surface area (TPSA) is 0 Å². The van der Waals surface area contributed by atoms with E-state index in [1.54, 1.807) is 30.3 Å². The number of halogens is 8. The standard InChI is InChI=1S/C20H8F8S3/c21-10-6-11(22)16(26)19(15(10)25)29-8-14(30-9-4-2-1-3-5-9)31-20-17(27)12(23)7-13(24)18(20)28/h1-8H/b14-8+. The summed E-state index contributed by atoms with van der Waals surface area (Å²) in [4.78, 5) is -1.55. The minimum absolute atomic E-state index is 0.0348. The van der Waals surface area contributed by atoms with Gasteiger partial charge in [0.1, 0.15) is 0 Å². The van der Waals surface area contributed by atoms with Crippen molar-refractivity contribution in [2.45, 2.75) is 14.7 Å². The molecule has 0 fully saturated rings. The number of hydrogen-bond donors (Lipinski definition) is 0. The van der Waals surface area contributed by atoms with Gasteiger partial charge in [0.25, 0.3) is 0 Å². The third kappa shape index (κ3) is 5.39. The van der Waals surface area contributed by atoms with E-state index < -0.39 is 56.3 Å². The molecule has 0 saturated heterocycles. The van der Waals surface area contributed by atoms with Crippen molar-refractivity contribution < 1.29 is 35.1 Å². The Kier molecular flexibility index (Phi) is 7.60. The summed E-state index contributed by atoms with van der Waals surface area (Å²) in [6.07, 6.45) is 0. The molecule has 0 aliphatic carbocycles. The maximum Gasteiger partial charge on any atom is 0.175 e. The predicted molar refractivity (Wildman–Crippen MR) is 105 cm³/mol. The van der Waals surface area contributed by atoms with Gasteiger partial charge in [-0.2, -0.15) is 0 Å². The molecule has 0 bridgehead atoms. The van der Waals surface area contributed by atoms with Gasteiger partial charge in [-0.15, -0.1) is 0 Å². The molecule has 3 aromatic rings. The molecule has 0 aliphatic heterocycles. The minimum atomic E-state index is -1.66. The Morgan fingerprint density at radius 2 is 1.03 bits per heavy atom. The summed E-state index contributed by atoms with van der Waals surface area (Å²) in [7, 11) is 0. The van der Waals surface area contributed by atoms with Gasteiger partial charge in [0.15, 0.2) is 46.5 Å². The van der Waals surface area contributed by atoms with Crippen LogP contribution in [0.15, 0.2) is 66.8 Å². The molecule has 0 amide bonds. The number of hydrogen-bond acceptors (Lipinski definition) is 3. The van der Waals surface area contributed by atoms with Crippen LogP contribution < -0.4 is 0 Å². The van der Waals surface area contributed by atoms with E-state index in [1.165, 1.54) is 0 Å². The normalized spacial score (nSPS) is 11.8. The second kappa shape index (κ2) is 10.0. The molecule has 0 N–H and O–H groups in total. The zero-order valence-corrected chi connectivity index (χ0v) is 17.3. The summed E-state index contributed by atoms with van der Waals surface area (Å²) in [5.41, 5.74) is 0. The number of thioether (sulfide) groups is 3. The molecule has 0 aliphatic rings. The Balaban J connectivity index is 2.03. The molecule has 0 aromatic heterocycles. The molecular formula is C20H8F8S3. The summed E-state index contributed by atoms with van der Waals surface area (Å²) in [6, 6.07) is 8.18. The molecule has 0 saturated carbocycles. The molecule has 0 unspecified atom stereocenters. The molecule has 11 heteroatoms. The van der Waals surface area contributed by atoms with Crippen molar-refractivity contribution in [3.63, 3.8) is 0 Å². The minimum Gasteiger partial charge on any atom is -0.204 e. The molecule has 162 valence electrons. The lowest BCUT2D eigenvalue weighted by atomic mass is 10.3. The highest BCUT2D eigenvalue weighted by Crippen LogP contribution is 2.44. The van der Waals surface area contributed by atoms with Crippen LogP contribution >= 0.6 is 35.3 Å². The molecule has 31 heavy (non-hydrogen) atoms. The second-order valence-electron chi connectivity index (χ2n) is 5.67. The van der Waals surface area contributed by atoms with E-state index in [2.05, 4.69) is 0 Å². The molecule has 0 spiro atoms. The van der Waals surface area contributed by atoms with E-state index in [0.717, 1.165) is 17.2 Å². The first kappa shape index (κ1) is 23.6. The average molecular weight is 496 g/mol. The molecular weight excluding hydrogens is 488 g/mol. The molecule has 3 aromatic carbocycles. The summed E-state index contributed by atoms with van der Waals surface area (Å²) in [5.74, 6) is -13.2. The van der Waals surface area contributed by atoms with Crippen molar-refractivity contribution in [3.8, 4) is 0 Å². The first-order valence-corrected chi connectivity index (χ1v) is 10.6. The van der Waals surface area contributed by atoms with Crippen molar-refractivity contribution in [1.29, 1.82) is 0 Å². The van der Waals surface area contributed by atoms with E-state index in [1.807, 2.05) is 0 Å². The van der Waals surface area contributed by atoms with Crippen LogP contribution in [0.1, 0.15) is 0 Å². The lowest BCUT2D eigenvalue weighted by molar-refractivity contribution is 0.426. The van der Waals surface area contributed by atoms with Crippen LogP contribution in [0.5, 0.6) is 0 Å². The van der Waals surface area contributed by atoms with Crippen LogP contribution in [0.25, 0.3) is 0 Å². The third-order valence-electron chi connectivity index (χ3n) is 3.58. The Morgan fingerprint density at radius 1 is 0.581 bits per heavy atom. The lowest BCUT2D eigenvalue weighted by Crippen LogP contribution is -1.97. The van der Waals surface area contributed by atoms with Gasteiger partial charge < -0.3 is 0 Å². The molecule has 0 heterocycles. The first-order valence-electron chi connectivity index (χ1n) is 8.12. The van der Waals surface area contributed by atoms with Gasteiger partial charge in [-0.05, 0) is 17.5 Å². The van der Waals surface area contributed by atoms with Gasteiger partial charge in [0.05, 0.1) is 14.0 Å². The average Bonchev–Trinajstić information content (AvgIpc) is 2.74. The van der Waals surface area contributed by atoms with Crippen molar-refractivity contribution in [2.75, 3.05) is 0 Å². The molecule has 3 rings (SSSR count). The SMILES string of the molecule is Fc1cc(F)c(F)c(S/C=C(\Sc2ccccc2)Sc2c(F)c(F)cc(F)c2F)c1F. The molecule has 0 radical (unpaired) electrons. The maximum absolute atomic E-state index is 14.1. The zero-order valence-electron chi connectivity index (χ0n) is 14.9. The predicted octanol–water partition coefficient (Wildman–Crippen LogP) is 8.28. The molecule has 0 nitrogen and oxygen atoms in total. The fourth-order valence-electron chi connectivity index (χ4n) is 2.18. The zero-order chi connectivity index (χ0) is 22.7. The monoisotopic (exact) mass is 496 g/mol. The summed E-state index contributed by atoms with van der Waals surface area (Å²) < 4.78 is 110. The highest BCUT2D eigenvalue weighted by Gasteiger charge is 2.23. The van der Waals surface area contributed by atoms with Crippen LogP contribution in [-0.2, 0) is 0 Å². The Labute approximate surface area is 183 Å². The summed E-state index contributed by atoms with van der Waals surface area (Å²) >= 11 is 1.29. The first-order chi connectivity index (χ1) is 14.7. The van der Waals surface area contributed by atoms with Gasteiger partial charge in [-0.25, -0.2) is 35.1 Å². The summed E-state index contributed by atoms with van der Waals surface area (Å²) in [6.45, 7) is 0. The van der Waals surface area contributed by atoms with Gasteiger partial charge in [0.2, 0.25) is 0 Å². The lowest BCUT2D eigenvalue weighted by Gasteiger charge is -2.11. The van der Waals surface area contributed by atoms with Crippen molar-refractivity contribution >= 4 is 35.3 Å². The van der Waals surface area contributed by atoms with E-state index in [9.17, 15) is 35.1 Å². The number of rotatable bonds is 6. The largest absolute Gasteiger partial charge is 0.204 e. The van der Waals surface area contributed by atoms with Crippen molar-refractivity contribution in [3.05, 3.63) is 98.6 Å². The van der Waals surface area contributed by atoms with E-state index in [4.69, 9.17) is 0 Å². The van der Waals surface area contributed by atoms with Gasteiger partial charge in [-0.1, -0.05) is 53.5 Å². The fraction of sp³-hybridized carbons (Fsp3) is 0. The quantitative estimate of drug-likeness (QED) is 0.192. The highest BCUT2D eigenvalue weighted by molar-refractivity contribution is 8.23. The number of benzene rings is 3. The fourth-order valence-corrected chi connectivity index (χ4v) is 5.27. The highest BCUT2D eigenvalue weighted by atomic mass is 32.2. The van der Waals surface area contributed by atoms with Crippen LogP contribution in [0, 0.1) is 46.5 Å². The van der Waals surface area contributed by atoms with Gasteiger partial charge in [-0.3, -0.25) is 0 Å². The van der Waals surface area contributed by atoms with Crippen molar-refractivity contribution in [1.82, 2.24) is 0 Å². The summed E-state index contributed by atoms with van der Waals surface area (Å²) in [5, 5.41) is 0.963. The second-order valence-corrected chi connectivity index (χ2v) is 8.97. The van der Waals surface area contributed by atoms with Crippen LogP contribution in [0.3, 0.4) is 0 Å². The van der Waals surface area contributed by atoms with E-state index >= 15 is 0 Å².